The topological polar surface area (TPSA) is 42.4 Å². The smallest absolute Gasteiger partial charge is 0.256 e. The van der Waals surface area contributed by atoms with E-state index in [4.69, 9.17) is 9.84 Å². The van der Waals surface area contributed by atoms with Gasteiger partial charge in [-0.2, -0.15) is 0 Å². The van der Waals surface area contributed by atoms with Crippen molar-refractivity contribution < 1.29 is 18.6 Å². The molecule has 0 aliphatic carbocycles. The number of aromatic nitrogens is 1. The van der Waals surface area contributed by atoms with Gasteiger partial charge < -0.3 is 9.84 Å². The molecule has 0 saturated carbocycles. The summed E-state index contributed by atoms with van der Waals surface area (Å²) in [5.41, 5.74) is 0.0374. The van der Waals surface area contributed by atoms with Crippen molar-refractivity contribution in [1.82, 2.24) is 4.98 Å². The number of halogens is 3. The van der Waals surface area contributed by atoms with E-state index in [2.05, 4.69) is 20.9 Å². The van der Waals surface area contributed by atoms with Crippen LogP contribution >= 0.6 is 15.9 Å². The molecule has 0 unspecified atom stereocenters. The first-order valence-corrected chi connectivity index (χ1v) is 5.78. The average molecular weight is 316 g/mol. The van der Waals surface area contributed by atoms with Crippen LogP contribution in [-0.2, 0) is 6.61 Å². The van der Waals surface area contributed by atoms with Crippen LogP contribution in [0.25, 0.3) is 0 Å². The van der Waals surface area contributed by atoms with E-state index in [-0.39, 0.29) is 17.2 Å². The van der Waals surface area contributed by atoms with Crippen LogP contribution in [0.4, 0.5) is 8.78 Å². The molecule has 0 fully saturated rings. The quantitative estimate of drug-likeness (QED) is 0.943. The molecule has 0 atom stereocenters. The summed E-state index contributed by atoms with van der Waals surface area (Å²) in [7, 11) is 0. The van der Waals surface area contributed by atoms with Gasteiger partial charge in [0.15, 0.2) is 17.4 Å². The molecule has 18 heavy (non-hydrogen) atoms. The molecule has 6 heteroatoms. The maximum absolute atomic E-state index is 13.7. The molecule has 1 aromatic heterocycles. The Morgan fingerprint density at radius 3 is 2.78 bits per heavy atom. The number of hydrogen-bond acceptors (Lipinski definition) is 3. The molecule has 0 spiro atoms. The maximum Gasteiger partial charge on any atom is 0.256 e. The molecule has 0 bridgehead atoms. The molecule has 2 rings (SSSR count). The van der Waals surface area contributed by atoms with Gasteiger partial charge in [-0.1, -0.05) is 15.9 Å². The van der Waals surface area contributed by atoms with Crippen LogP contribution in [0.2, 0.25) is 0 Å². The normalized spacial score (nSPS) is 10.4. The van der Waals surface area contributed by atoms with E-state index in [1.54, 1.807) is 0 Å². The van der Waals surface area contributed by atoms with Crippen LogP contribution < -0.4 is 4.74 Å². The first kappa shape index (κ1) is 12.9. The Hall–Kier alpha value is -1.53. The minimum atomic E-state index is -0.806. The molecule has 94 valence electrons. The molecule has 2 aromatic rings. The van der Waals surface area contributed by atoms with Crippen molar-refractivity contribution in [3.8, 4) is 11.6 Å². The van der Waals surface area contributed by atoms with E-state index < -0.39 is 18.2 Å². The van der Waals surface area contributed by atoms with Gasteiger partial charge in [-0.25, -0.2) is 13.8 Å². The van der Waals surface area contributed by atoms with Crippen LogP contribution in [-0.4, -0.2) is 10.1 Å². The molecule has 1 aromatic carbocycles. The van der Waals surface area contributed by atoms with Crippen molar-refractivity contribution in [1.29, 1.82) is 0 Å². The lowest BCUT2D eigenvalue weighted by Gasteiger charge is -2.08. The highest BCUT2D eigenvalue weighted by Crippen LogP contribution is 2.28. The average Bonchev–Trinajstić information content (AvgIpc) is 2.36. The van der Waals surface area contributed by atoms with Gasteiger partial charge >= 0.3 is 0 Å². The molecule has 0 aliphatic heterocycles. The second-order valence-electron chi connectivity index (χ2n) is 3.42. The van der Waals surface area contributed by atoms with Gasteiger partial charge in [-0.3, -0.25) is 0 Å². The summed E-state index contributed by atoms with van der Waals surface area (Å²) in [5, 5.41) is 8.90. The van der Waals surface area contributed by atoms with Crippen molar-refractivity contribution in [3.63, 3.8) is 0 Å². The number of pyridine rings is 1. The van der Waals surface area contributed by atoms with E-state index >= 15 is 0 Å². The molecular weight excluding hydrogens is 308 g/mol. The second kappa shape index (κ2) is 5.41. The van der Waals surface area contributed by atoms with Crippen LogP contribution in [0.1, 0.15) is 5.56 Å². The van der Waals surface area contributed by atoms with Gasteiger partial charge in [0.25, 0.3) is 5.88 Å². The molecule has 0 aliphatic rings. The summed E-state index contributed by atoms with van der Waals surface area (Å²) in [6, 6.07) is 5.37. The van der Waals surface area contributed by atoms with Gasteiger partial charge in [-0.05, 0) is 24.3 Å². The maximum atomic E-state index is 13.7. The van der Waals surface area contributed by atoms with Gasteiger partial charge in [0.1, 0.15) is 0 Å². The Bertz CT molecular complexity index is 578. The second-order valence-corrected chi connectivity index (χ2v) is 4.34. The number of nitrogens with zero attached hydrogens (tertiary/aromatic N) is 1. The Morgan fingerprint density at radius 1 is 1.28 bits per heavy atom. The Balaban J connectivity index is 2.37. The highest BCUT2D eigenvalue weighted by atomic mass is 79.9. The summed E-state index contributed by atoms with van der Waals surface area (Å²) in [6.45, 7) is -0.480. The minimum Gasteiger partial charge on any atom is -0.433 e. The van der Waals surface area contributed by atoms with E-state index in [9.17, 15) is 8.78 Å². The Labute approximate surface area is 110 Å². The first-order chi connectivity index (χ1) is 8.61. The van der Waals surface area contributed by atoms with Crippen LogP contribution in [0, 0.1) is 11.6 Å². The van der Waals surface area contributed by atoms with Gasteiger partial charge in [0, 0.05) is 16.2 Å². The zero-order chi connectivity index (χ0) is 13.1. The zero-order valence-corrected chi connectivity index (χ0v) is 10.6. The SMILES string of the molecule is OCc1ccnc(Oc2cc(Br)ccc2F)c1F. The summed E-state index contributed by atoms with van der Waals surface area (Å²) in [4.78, 5) is 3.66. The van der Waals surface area contributed by atoms with Crippen LogP contribution in [0.5, 0.6) is 11.6 Å². The number of aliphatic hydroxyl groups excluding tert-OH is 1. The summed E-state index contributed by atoms with van der Waals surface area (Å²) >= 11 is 3.16. The number of ether oxygens (including phenoxy) is 1. The van der Waals surface area contributed by atoms with E-state index in [0.29, 0.717) is 4.47 Å². The molecule has 0 amide bonds. The third-order valence-electron chi connectivity index (χ3n) is 2.21. The van der Waals surface area contributed by atoms with E-state index in [0.717, 1.165) is 0 Å². The van der Waals surface area contributed by atoms with E-state index in [1.807, 2.05) is 0 Å². The fraction of sp³-hybridized carbons (Fsp3) is 0.0833. The predicted octanol–water partition coefficient (Wildman–Crippen LogP) is 3.41. The predicted molar refractivity (Wildman–Crippen MR) is 64.3 cm³/mol. The summed E-state index contributed by atoms with van der Waals surface area (Å²) in [5.74, 6) is -1.96. The Kier molecular flexibility index (Phi) is 3.88. The number of rotatable bonds is 3. The fourth-order valence-corrected chi connectivity index (χ4v) is 1.66. The van der Waals surface area contributed by atoms with Gasteiger partial charge in [-0.15, -0.1) is 0 Å². The number of hydrogen-bond donors (Lipinski definition) is 1. The highest BCUT2D eigenvalue weighted by Gasteiger charge is 2.13. The zero-order valence-electron chi connectivity index (χ0n) is 9.03. The minimum absolute atomic E-state index is 0.0374. The molecule has 3 nitrogen and oxygen atoms in total. The van der Waals surface area contributed by atoms with Crippen LogP contribution in [0.15, 0.2) is 34.9 Å². The monoisotopic (exact) mass is 315 g/mol. The van der Waals surface area contributed by atoms with Gasteiger partial charge in [0.2, 0.25) is 0 Å². The standard InChI is InChI=1S/C12H8BrF2NO2/c13-8-1-2-9(14)10(5-8)18-12-11(15)7(6-17)3-4-16-12/h1-5,17H,6H2. The molecular formula is C12H8BrF2NO2. The largest absolute Gasteiger partial charge is 0.433 e. The summed E-state index contributed by atoms with van der Waals surface area (Å²) < 4.78 is 32.8. The third-order valence-corrected chi connectivity index (χ3v) is 2.70. The van der Waals surface area contributed by atoms with Crippen molar-refractivity contribution in [2.75, 3.05) is 0 Å². The van der Waals surface area contributed by atoms with Crippen LogP contribution in [0.3, 0.4) is 0 Å². The molecule has 0 radical (unpaired) electrons. The number of benzene rings is 1. The van der Waals surface area contributed by atoms with Crippen molar-refractivity contribution in [2.45, 2.75) is 6.61 Å². The van der Waals surface area contributed by atoms with Crippen molar-refractivity contribution >= 4 is 15.9 Å². The lowest BCUT2D eigenvalue weighted by molar-refractivity contribution is 0.272. The summed E-state index contributed by atoms with van der Waals surface area (Å²) in [6.07, 6.45) is 1.28. The Morgan fingerprint density at radius 2 is 2.06 bits per heavy atom. The number of aliphatic hydroxyl groups is 1. The van der Waals surface area contributed by atoms with E-state index in [1.165, 1.54) is 30.5 Å². The lowest BCUT2D eigenvalue weighted by atomic mass is 10.2. The molecule has 1 heterocycles. The fourth-order valence-electron chi connectivity index (χ4n) is 1.31. The van der Waals surface area contributed by atoms with Gasteiger partial charge in [0.05, 0.1) is 6.61 Å². The third kappa shape index (κ3) is 2.65. The molecule has 0 saturated heterocycles. The lowest BCUT2D eigenvalue weighted by Crippen LogP contribution is -1.98. The molecule has 1 N–H and O–H groups in total. The highest BCUT2D eigenvalue weighted by molar-refractivity contribution is 9.10. The van der Waals surface area contributed by atoms with Crippen molar-refractivity contribution in [3.05, 3.63) is 52.1 Å². The first-order valence-electron chi connectivity index (χ1n) is 4.99. The van der Waals surface area contributed by atoms with Crippen molar-refractivity contribution in [2.24, 2.45) is 0 Å².